The Morgan fingerprint density at radius 2 is 1.75 bits per heavy atom. The number of piperidine rings is 1. The van der Waals surface area contributed by atoms with Gasteiger partial charge in [-0.15, -0.1) is 0 Å². The third kappa shape index (κ3) is 6.11. The Bertz CT molecular complexity index is 1330. The van der Waals surface area contributed by atoms with Crippen LogP contribution in [-0.4, -0.2) is 52.9 Å². The molecule has 210 valence electrons. The molecule has 2 aliphatic rings. The lowest BCUT2D eigenvalue weighted by Gasteiger charge is -2.51. The number of hydrogen-bond acceptors (Lipinski definition) is 4. The summed E-state index contributed by atoms with van der Waals surface area (Å²) in [6.07, 6.45) is 3.30. The zero-order valence-corrected chi connectivity index (χ0v) is 24.7. The number of likely N-dealkylation sites (tertiary alicyclic amines) is 2. The molecule has 5 rings (SSSR count). The van der Waals surface area contributed by atoms with E-state index in [1.807, 2.05) is 28.0 Å². The van der Waals surface area contributed by atoms with Crippen molar-refractivity contribution < 1.29 is 14.7 Å². The largest absolute Gasteiger partial charge is 0.508 e. The summed E-state index contributed by atoms with van der Waals surface area (Å²) in [7, 11) is 0. The lowest BCUT2D eigenvalue weighted by molar-refractivity contribution is -0.140. The summed E-state index contributed by atoms with van der Waals surface area (Å²) in [5.41, 5.74) is 3.84. The van der Waals surface area contributed by atoms with Gasteiger partial charge in [-0.1, -0.05) is 76.1 Å². The van der Waals surface area contributed by atoms with E-state index in [0.717, 1.165) is 28.6 Å². The predicted octanol–water partition coefficient (Wildman–Crippen LogP) is 5.87. The molecule has 3 aromatic rings. The molecule has 2 aliphatic heterocycles. The number of phenols is 1. The SMILES string of the molecule is Cc1ccc(CNCC2(c3ccccc3)CCC(=O)N(CCCN3CCCC3=O)C2c2cc(Br)ccc2O)cc1. The molecule has 7 heteroatoms. The van der Waals surface area contributed by atoms with Crippen LogP contribution in [0.3, 0.4) is 0 Å². The highest BCUT2D eigenvalue weighted by Crippen LogP contribution is 2.50. The Morgan fingerprint density at radius 1 is 0.975 bits per heavy atom. The quantitative estimate of drug-likeness (QED) is 0.304. The molecule has 2 amide bonds. The Kier molecular flexibility index (Phi) is 8.91. The molecule has 0 radical (unpaired) electrons. The van der Waals surface area contributed by atoms with E-state index in [4.69, 9.17) is 0 Å². The summed E-state index contributed by atoms with van der Waals surface area (Å²) in [4.78, 5) is 29.7. The fourth-order valence-electron chi connectivity index (χ4n) is 6.38. The number of carbonyl (C=O) groups is 2. The van der Waals surface area contributed by atoms with Gasteiger partial charge in [-0.25, -0.2) is 0 Å². The molecule has 2 fully saturated rings. The first-order valence-electron chi connectivity index (χ1n) is 14.2. The second-order valence-electron chi connectivity index (χ2n) is 11.1. The van der Waals surface area contributed by atoms with E-state index >= 15 is 0 Å². The number of rotatable bonds is 10. The second kappa shape index (κ2) is 12.6. The van der Waals surface area contributed by atoms with Crippen molar-refractivity contribution in [3.8, 4) is 5.75 Å². The highest BCUT2D eigenvalue weighted by molar-refractivity contribution is 9.10. The number of halogens is 1. The number of phenolic OH excluding ortho intramolecular Hbond substituents is 1. The van der Waals surface area contributed by atoms with Gasteiger partial charge in [-0.3, -0.25) is 9.59 Å². The van der Waals surface area contributed by atoms with Crippen LogP contribution >= 0.6 is 15.9 Å². The number of aryl methyl sites for hydroxylation is 1. The summed E-state index contributed by atoms with van der Waals surface area (Å²) in [6.45, 7) is 5.38. The molecule has 2 heterocycles. The smallest absolute Gasteiger partial charge is 0.223 e. The van der Waals surface area contributed by atoms with Crippen LogP contribution in [0.1, 0.15) is 60.4 Å². The van der Waals surface area contributed by atoms with E-state index in [2.05, 4.69) is 76.7 Å². The molecule has 3 aromatic carbocycles. The molecule has 0 bridgehead atoms. The normalized spacial score (nSPS) is 21.3. The lowest BCUT2D eigenvalue weighted by Crippen LogP contribution is -2.55. The minimum Gasteiger partial charge on any atom is -0.508 e. The molecule has 2 unspecified atom stereocenters. The van der Waals surface area contributed by atoms with Crippen molar-refractivity contribution >= 4 is 27.7 Å². The molecule has 0 aliphatic carbocycles. The zero-order valence-electron chi connectivity index (χ0n) is 23.1. The maximum absolute atomic E-state index is 13.6. The second-order valence-corrected chi connectivity index (χ2v) is 12.1. The molecule has 2 atom stereocenters. The van der Waals surface area contributed by atoms with Gasteiger partial charge in [0.15, 0.2) is 0 Å². The molecular formula is C33H38BrN3O3. The van der Waals surface area contributed by atoms with Crippen molar-refractivity contribution in [3.63, 3.8) is 0 Å². The minimum atomic E-state index is -0.471. The van der Waals surface area contributed by atoms with Gasteiger partial charge < -0.3 is 20.2 Å². The van der Waals surface area contributed by atoms with Gasteiger partial charge in [-0.2, -0.15) is 0 Å². The summed E-state index contributed by atoms with van der Waals surface area (Å²) in [5, 5.41) is 14.9. The van der Waals surface area contributed by atoms with Gasteiger partial charge in [0.05, 0.1) is 6.04 Å². The van der Waals surface area contributed by atoms with Crippen LogP contribution < -0.4 is 5.32 Å². The van der Waals surface area contributed by atoms with Crippen molar-refractivity contribution in [1.29, 1.82) is 0 Å². The highest BCUT2D eigenvalue weighted by Gasteiger charge is 2.50. The fourth-order valence-corrected chi connectivity index (χ4v) is 6.76. The van der Waals surface area contributed by atoms with Crippen LogP contribution in [0.25, 0.3) is 0 Å². The molecule has 0 saturated carbocycles. The van der Waals surface area contributed by atoms with Crippen LogP contribution in [-0.2, 0) is 21.5 Å². The van der Waals surface area contributed by atoms with Crippen molar-refractivity contribution in [1.82, 2.24) is 15.1 Å². The van der Waals surface area contributed by atoms with Gasteiger partial charge in [0, 0.05) is 61.0 Å². The van der Waals surface area contributed by atoms with Gasteiger partial charge in [0.2, 0.25) is 11.8 Å². The Morgan fingerprint density at radius 3 is 2.48 bits per heavy atom. The molecule has 2 N–H and O–H groups in total. The molecule has 0 spiro atoms. The van der Waals surface area contributed by atoms with Crippen molar-refractivity contribution in [2.75, 3.05) is 26.2 Å². The Hall–Kier alpha value is -3.16. The first-order valence-corrected chi connectivity index (χ1v) is 15.0. The number of nitrogens with one attached hydrogen (secondary N) is 1. The van der Waals surface area contributed by atoms with E-state index in [1.165, 1.54) is 11.1 Å². The highest BCUT2D eigenvalue weighted by atomic mass is 79.9. The van der Waals surface area contributed by atoms with E-state index in [-0.39, 0.29) is 23.6 Å². The molecular weight excluding hydrogens is 566 g/mol. The van der Waals surface area contributed by atoms with Crippen LogP contribution in [0.2, 0.25) is 0 Å². The average molecular weight is 605 g/mol. The summed E-state index contributed by atoms with van der Waals surface area (Å²) in [6, 6.07) is 24.0. The van der Waals surface area contributed by atoms with E-state index < -0.39 is 5.41 Å². The lowest BCUT2D eigenvalue weighted by atomic mass is 9.65. The molecule has 0 aromatic heterocycles. The standard InChI is InChI=1S/C33H38BrN3O3/c1-24-10-12-25(13-11-24)22-35-23-33(26-7-3-2-4-8-26)17-16-31(40)37(20-6-19-36-18-5-9-30(36)39)32(33)28-21-27(34)14-15-29(28)38/h2-4,7-8,10-15,21,32,35,38H,5-6,9,16-20,22-23H2,1H3. The van der Waals surface area contributed by atoms with E-state index in [9.17, 15) is 14.7 Å². The zero-order chi connectivity index (χ0) is 28.1. The number of nitrogens with zero attached hydrogens (tertiary/aromatic N) is 2. The van der Waals surface area contributed by atoms with E-state index in [0.29, 0.717) is 51.9 Å². The predicted molar refractivity (Wildman–Crippen MR) is 161 cm³/mol. The van der Waals surface area contributed by atoms with Gasteiger partial charge in [0.1, 0.15) is 5.75 Å². The Labute approximate surface area is 245 Å². The third-order valence-electron chi connectivity index (χ3n) is 8.46. The fraction of sp³-hybridized carbons (Fsp3) is 0.394. The maximum Gasteiger partial charge on any atom is 0.223 e. The molecule has 2 saturated heterocycles. The summed E-state index contributed by atoms with van der Waals surface area (Å²) < 4.78 is 0.857. The van der Waals surface area contributed by atoms with E-state index in [1.54, 1.807) is 6.07 Å². The van der Waals surface area contributed by atoms with Crippen LogP contribution in [0, 0.1) is 6.92 Å². The van der Waals surface area contributed by atoms with Crippen LogP contribution in [0.5, 0.6) is 5.75 Å². The number of amides is 2. The molecule has 6 nitrogen and oxygen atoms in total. The minimum absolute atomic E-state index is 0.0854. The maximum atomic E-state index is 13.6. The first-order chi connectivity index (χ1) is 19.4. The number of aromatic hydroxyl groups is 1. The monoisotopic (exact) mass is 603 g/mol. The molecule has 40 heavy (non-hydrogen) atoms. The number of hydrogen-bond donors (Lipinski definition) is 2. The van der Waals surface area contributed by atoms with Crippen LogP contribution in [0.4, 0.5) is 0 Å². The van der Waals surface area contributed by atoms with Gasteiger partial charge >= 0.3 is 0 Å². The third-order valence-corrected chi connectivity index (χ3v) is 8.96. The first kappa shape index (κ1) is 28.4. The number of benzene rings is 3. The summed E-state index contributed by atoms with van der Waals surface area (Å²) in [5.74, 6) is 0.466. The van der Waals surface area contributed by atoms with Crippen molar-refractivity contribution in [2.45, 2.75) is 57.0 Å². The van der Waals surface area contributed by atoms with Crippen molar-refractivity contribution in [2.24, 2.45) is 0 Å². The van der Waals surface area contributed by atoms with Gasteiger partial charge in [-0.05, 0) is 55.5 Å². The average Bonchev–Trinajstić information content (AvgIpc) is 3.37. The van der Waals surface area contributed by atoms with Crippen LogP contribution in [0.15, 0.2) is 77.3 Å². The van der Waals surface area contributed by atoms with Crippen molar-refractivity contribution in [3.05, 3.63) is 99.5 Å². The Balaban J connectivity index is 1.51. The van der Waals surface area contributed by atoms with Gasteiger partial charge in [0.25, 0.3) is 0 Å². The summed E-state index contributed by atoms with van der Waals surface area (Å²) >= 11 is 3.61. The number of carbonyl (C=O) groups excluding carboxylic acids is 2. The topological polar surface area (TPSA) is 72.9 Å².